The van der Waals surface area contributed by atoms with E-state index < -0.39 is 5.97 Å². The molecule has 0 aliphatic rings. The second kappa shape index (κ2) is 5.42. The lowest BCUT2D eigenvalue weighted by Crippen LogP contribution is -2.03. The minimum absolute atomic E-state index is 0.224. The number of aromatic carboxylic acids is 1. The number of aryl methyl sites for hydroxylation is 1. The Kier molecular flexibility index (Phi) is 3.89. The summed E-state index contributed by atoms with van der Waals surface area (Å²) in [5, 5.41) is 10.2. The van der Waals surface area contributed by atoms with Gasteiger partial charge in [0.25, 0.3) is 0 Å². The fourth-order valence-corrected chi connectivity index (χ4v) is 2.74. The highest BCUT2D eigenvalue weighted by atomic mass is 35.5. The SMILES string of the molecule is Cc1ccnc(Sc2ccccc2Cl)c1C(=O)O. The van der Waals surface area contributed by atoms with Gasteiger partial charge in [0.2, 0.25) is 0 Å². The maximum Gasteiger partial charge on any atom is 0.338 e. The predicted molar refractivity (Wildman–Crippen MR) is 71.5 cm³/mol. The van der Waals surface area contributed by atoms with Gasteiger partial charge in [-0.1, -0.05) is 35.5 Å². The third-order valence-electron chi connectivity index (χ3n) is 2.38. The molecule has 0 radical (unpaired) electrons. The van der Waals surface area contributed by atoms with Crippen molar-refractivity contribution in [3.8, 4) is 0 Å². The first-order valence-electron chi connectivity index (χ1n) is 5.21. The van der Waals surface area contributed by atoms with Crippen molar-refractivity contribution in [1.82, 2.24) is 4.98 Å². The average Bonchev–Trinajstić information content (AvgIpc) is 2.31. The Balaban J connectivity index is 2.44. The number of pyridine rings is 1. The summed E-state index contributed by atoms with van der Waals surface area (Å²) < 4.78 is 0. The fraction of sp³-hybridized carbons (Fsp3) is 0.0769. The van der Waals surface area contributed by atoms with Crippen LogP contribution in [-0.2, 0) is 0 Å². The summed E-state index contributed by atoms with van der Waals surface area (Å²) in [6, 6.07) is 8.96. The first kappa shape index (κ1) is 12.9. The zero-order valence-corrected chi connectivity index (χ0v) is 11.1. The number of aromatic nitrogens is 1. The summed E-state index contributed by atoms with van der Waals surface area (Å²) in [5.74, 6) is -0.977. The van der Waals surface area contributed by atoms with Crippen LogP contribution in [0.15, 0.2) is 46.5 Å². The van der Waals surface area contributed by atoms with E-state index in [4.69, 9.17) is 11.6 Å². The number of carbonyl (C=O) groups is 1. The average molecular weight is 280 g/mol. The van der Waals surface area contributed by atoms with Crippen molar-refractivity contribution in [2.75, 3.05) is 0 Å². The van der Waals surface area contributed by atoms with Crippen LogP contribution >= 0.6 is 23.4 Å². The number of carboxylic acid groups (broad SMARTS) is 1. The summed E-state index contributed by atoms with van der Waals surface area (Å²) in [7, 11) is 0. The molecule has 1 aromatic carbocycles. The van der Waals surface area contributed by atoms with Gasteiger partial charge in [0.05, 0.1) is 10.6 Å². The molecular weight excluding hydrogens is 270 g/mol. The summed E-state index contributed by atoms with van der Waals surface area (Å²) in [4.78, 5) is 16.1. The van der Waals surface area contributed by atoms with Crippen molar-refractivity contribution >= 4 is 29.3 Å². The molecule has 0 saturated carbocycles. The third kappa shape index (κ3) is 2.66. The zero-order chi connectivity index (χ0) is 13.1. The lowest BCUT2D eigenvalue weighted by molar-refractivity contribution is 0.0691. The monoisotopic (exact) mass is 279 g/mol. The highest BCUT2D eigenvalue weighted by Gasteiger charge is 2.16. The topological polar surface area (TPSA) is 50.2 Å². The molecule has 0 bridgehead atoms. The van der Waals surface area contributed by atoms with E-state index in [0.717, 1.165) is 4.90 Å². The van der Waals surface area contributed by atoms with Gasteiger partial charge in [0.1, 0.15) is 5.03 Å². The van der Waals surface area contributed by atoms with E-state index in [-0.39, 0.29) is 5.56 Å². The lowest BCUT2D eigenvalue weighted by atomic mass is 10.2. The number of nitrogens with zero attached hydrogens (tertiary/aromatic N) is 1. The number of hydrogen-bond donors (Lipinski definition) is 1. The van der Waals surface area contributed by atoms with Crippen LogP contribution in [0.25, 0.3) is 0 Å². The quantitative estimate of drug-likeness (QED) is 0.926. The molecule has 1 aromatic heterocycles. The molecule has 0 aliphatic heterocycles. The molecule has 0 aliphatic carbocycles. The molecular formula is C13H10ClNO2S. The summed E-state index contributed by atoms with van der Waals surface area (Å²) in [6.07, 6.45) is 1.60. The van der Waals surface area contributed by atoms with E-state index in [2.05, 4.69) is 4.98 Å². The molecule has 0 spiro atoms. The molecule has 2 rings (SSSR count). The molecule has 92 valence electrons. The minimum Gasteiger partial charge on any atom is -0.478 e. The van der Waals surface area contributed by atoms with Crippen LogP contribution in [-0.4, -0.2) is 16.1 Å². The molecule has 0 unspecified atom stereocenters. The molecule has 5 heteroatoms. The van der Waals surface area contributed by atoms with E-state index in [0.29, 0.717) is 15.6 Å². The molecule has 2 aromatic rings. The van der Waals surface area contributed by atoms with Crippen molar-refractivity contribution in [2.24, 2.45) is 0 Å². The molecule has 0 saturated heterocycles. The van der Waals surface area contributed by atoms with Gasteiger partial charge in [-0.05, 0) is 30.7 Å². The first-order valence-corrected chi connectivity index (χ1v) is 6.40. The highest BCUT2D eigenvalue weighted by Crippen LogP contribution is 2.34. The van der Waals surface area contributed by atoms with Gasteiger partial charge in [-0.25, -0.2) is 9.78 Å². The van der Waals surface area contributed by atoms with E-state index in [9.17, 15) is 9.90 Å². The summed E-state index contributed by atoms with van der Waals surface area (Å²) in [6.45, 7) is 1.75. The maximum absolute atomic E-state index is 11.2. The zero-order valence-electron chi connectivity index (χ0n) is 9.55. The Morgan fingerprint density at radius 3 is 2.72 bits per heavy atom. The van der Waals surface area contributed by atoms with Gasteiger partial charge >= 0.3 is 5.97 Å². The van der Waals surface area contributed by atoms with Gasteiger partial charge in [-0.15, -0.1) is 0 Å². The normalized spacial score (nSPS) is 10.3. The van der Waals surface area contributed by atoms with Crippen molar-refractivity contribution in [3.05, 3.63) is 52.7 Å². The van der Waals surface area contributed by atoms with Crippen LogP contribution in [0.1, 0.15) is 15.9 Å². The Bertz CT molecular complexity index is 601. The minimum atomic E-state index is -0.977. The van der Waals surface area contributed by atoms with Crippen LogP contribution < -0.4 is 0 Å². The third-order valence-corrected chi connectivity index (χ3v) is 3.90. The smallest absolute Gasteiger partial charge is 0.338 e. The Morgan fingerprint density at radius 2 is 2.06 bits per heavy atom. The van der Waals surface area contributed by atoms with E-state index in [1.165, 1.54) is 11.8 Å². The molecule has 1 N–H and O–H groups in total. The van der Waals surface area contributed by atoms with Crippen molar-refractivity contribution in [1.29, 1.82) is 0 Å². The Morgan fingerprint density at radius 1 is 1.33 bits per heavy atom. The van der Waals surface area contributed by atoms with E-state index in [1.54, 1.807) is 25.3 Å². The number of benzene rings is 1. The molecule has 0 amide bonds. The van der Waals surface area contributed by atoms with E-state index in [1.807, 2.05) is 18.2 Å². The Hall–Kier alpha value is -1.52. The molecule has 1 heterocycles. The number of hydrogen-bond acceptors (Lipinski definition) is 3. The van der Waals surface area contributed by atoms with Gasteiger partial charge < -0.3 is 5.11 Å². The predicted octanol–water partition coefficient (Wildman–Crippen LogP) is 3.89. The molecule has 3 nitrogen and oxygen atoms in total. The number of halogens is 1. The Labute approximate surface area is 114 Å². The van der Waals surface area contributed by atoms with Gasteiger partial charge in [-0.2, -0.15) is 0 Å². The summed E-state index contributed by atoms with van der Waals surface area (Å²) in [5.41, 5.74) is 0.912. The first-order chi connectivity index (χ1) is 8.59. The molecule has 18 heavy (non-hydrogen) atoms. The van der Waals surface area contributed by atoms with Crippen LogP contribution in [0.3, 0.4) is 0 Å². The van der Waals surface area contributed by atoms with Crippen molar-refractivity contribution < 1.29 is 9.90 Å². The van der Waals surface area contributed by atoms with Crippen LogP contribution in [0, 0.1) is 6.92 Å². The van der Waals surface area contributed by atoms with Crippen LogP contribution in [0.4, 0.5) is 0 Å². The van der Waals surface area contributed by atoms with E-state index >= 15 is 0 Å². The van der Waals surface area contributed by atoms with Crippen molar-refractivity contribution in [2.45, 2.75) is 16.8 Å². The fourth-order valence-electron chi connectivity index (χ4n) is 1.50. The second-order valence-electron chi connectivity index (χ2n) is 3.65. The van der Waals surface area contributed by atoms with Gasteiger partial charge in [0.15, 0.2) is 0 Å². The van der Waals surface area contributed by atoms with Gasteiger partial charge in [0, 0.05) is 11.1 Å². The standard InChI is InChI=1S/C13H10ClNO2S/c1-8-6-7-15-12(11(8)13(16)17)18-10-5-3-2-4-9(10)14/h2-7H,1H3,(H,16,17). The highest BCUT2D eigenvalue weighted by molar-refractivity contribution is 7.99. The number of carboxylic acids is 1. The van der Waals surface area contributed by atoms with Crippen LogP contribution in [0.2, 0.25) is 5.02 Å². The second-order valence-corrected chi connectivity index (χ2v) is 5.08. The maximum atomic E-state index is 11.2. The molecule has 0 fully saturated rings. The van der Waals surface area contributed by atoms with Gasteiger partial charge in [-0.3, -0.25) is 0 Å². The number of rotatable bonds is 3. The van der Waals surface area contributed by atoms with Crippen LogP contribution in [0.5, 0.6) is 0 Å². The van der Waals surface area contributed by atoms with Crippen molar-refractivity contribution in [3.63, 3.8) is 0 Å². The lowest BCUT2D eigenvalue weighted by Gasteiger charge is -2.08. The summed E-state index contributed by atoms with van der Waals surface area (Å²) >= 11 is 7.31. The molecule has 0 atom stereocenters. The largest absolute Gasteiger partial charge is 0.478 e.